The lowest BCUT2D eigenvalue weighted by molar-refractivity contribution is 0.261. The van der Waals surface area contributed by atoms with Crippen LogP contribution in [0.2, 0.25) is 0 Å². The fraction of sp³-hybridized carbons (Fsp3) is 0.300. The first kappa shape index (κ1) is 11.8. The lowest BCUT2D eigenvalue weighted by atomic mass is 10.1. The standard InChI is InChI=1S/C10H12FNO2S/c1-14-9-3-2-8(11)6-7(9)4-5-12-10(13)15/h2-3,6H,4-5H2,1H3,(H2,12,13,15). The van der Waals surface area contributed by atoms with Gasteiger partial charge in [0.05, 0.1) is 7.11 Å². The molecule has 15 heavy (non-hydrogen) atoms. The molecule has 82 valence electrons. The summed E-state index contributed by atoms with van der Waals surface area (Å²) in [6, 6.07) is 4.29. The summed E-state index contributed by atoms with van der Waals surface area (Å²) >= 11 is 3.56. The highest BCUT2D eigenvalue weighted by molar-refractivity contribution is 7.96. The molecule has 0 radical (unpaired) electrons. The van der Waals surface area contributed by atoms with Crippen molar-refractivity contribution in [3.63, 3.8) is 0 Å². The molecule has 0 spiro atoms. The van der Waals surface area contributed by atoms with E-state index >= 15 is 0 Å². The van der Waals surface area contributed by atoms with E-state index in [-0.39, 0.29) is 5.82 Å². The molecule has 3 nitrogen and oxygen atoms in total. The zero-order chi connectivity index (χ0) is 11.3. The number of benzene rings is 1. The minimum atomic E-state index is -0.398. The zero-order valence-corrected chi connectivity index (χ0v) is 9.18. The van der Waals surface area contributed by atoms with E-state index in [1.807, 2.05) is 0 Å². The number of ether oxygens (including phenoxy) is 1. The number of hydrogen-bond acceptors (Lipinski definition) is 2. The van der Waals surface area contributed by atoms with Gasteiger partial charge in [-0.05, 0) is 30.2 Å². The third kappa shape index (κ3) is 3.79. The Balaban J connectivity index is 2.65. The Morgan fingerprint density at radius 2 is 2.33 bits per heavy atom. The molecule has 1 amide bonds. The molecule has 0 saturated carbocycles. The van der Waals surface area contributed by atoms with Gasteiger partial charge in [0.2, 0.25) is 0 Å². The van der Waals surface area contributed by atoms with Gasteiger partial charge in [-0.1, -0.05) is 12.6 Å². The van der Waals surface area contributed by atoms with E-state index in [9.17, 15) is 9.18 Å². The third-order valence-corrected chi connectivity index (χ3v) is 2.07. The Bertz CT molecular complexity index is 357. The number of thiol groups is 1. The predicted octanol–water partition coefficient (Wildman–Crippen LogP) is 2.02. The summed E-state index contributed by atoms with van der Waals surface area (Å²) in [5.74, 6) is 0.299. The zero-order valence-electron chi connectivity index (χ0n) is 8.29. The molecule has 1 rings (SSSR count). The number of carbonyl (C=O) groups is 1. The fourth-order valence-corrected chi connectivity index (χ4v) is 1.36. The van der Waals surface area contributed by atoms with Gasteiger partial charge in [-0.3, -0.25) is 4.79 Å². The van der Waals surface area contributed by atoms with Gasteiger partial charge >= 0.3 is 0 Å². The summed E-state index contributed by atoms with van der Waals surface area (Å²) in [4.78, 5) is 10.5. The van der Waals surface area contributed by atoms with Crippen LogP contribution < -0.4 is 10.1 Å². The number of carbonyl (C=O) groups excluding carboxylic acids is 1. The molecule has 0 atom stereocenters. The van der Waals surface area contributed by atoms with Crippen LogP contribution in [0.3, 0.4) is 0 Å². The normalized spacial score (nSPS) is 9.80. The van der Waals surface area contributed by atoms with E-state index in [4.69, 9.17) is 4.74 Å². The third-order valence-electron chi connectivity index (χ3n) is 1.91. The Labute approximate surface area is 93.0 Å². The summed E-state index contributed by atoms with van der Waals surface area (Å²) in [6.07, 6.45) is 0.507. The largest absolute Gasteiger partial charge is 0.496 e. The first-order chi connectivity index (χ1) is 7.13. The second kappa shape index (κ2) is 5.60. The van der Waals surface area contributed by atoms with E-state index in [0.29, 0.717) is 18.7 Å². The summed E-state index contributed by atoms with van der Waals surface area (Å²) in [6.45, 7) is 0.405. The highest BCUT2D eigenvalue weighted by Crippen LogP contribution is 2.19. The van der Waals surface area contributed by atoms with Crippen molar-refractivity contribution in [2.45, 2.75) is 6.42 Å². The molecular weight excluding hydrogens is 217 g/mol. The van der Waals surface area contributed by atoms with E-state index in [0.717, 1.165) is 5.56 Å². The number of nitrogens with one attached hydrogen (secondary N) is 1. The highest BCUT2D eigenvalue weighted by Gasteiger charge is 2.04. The Kier molecular flexibility index (Phi) is 4.42. The first-order valence-corrected chi connectivity index (χ1v) is 4.87. The highest BCUT2D eigenvalue weighted by atomic mass is 32.1. The monoisotopic (exact) mass is 229 g/mol. The summed E-state index contributed by atoms with van der Waals surface area (Å²) < 4.78 is 18.0. The molecule has 0 bridgehead atoms. The van der Waals surface area contributed by atoms with Crippen molar-refractivity contribution in [1.82, 2.24) is 5.32 Å². The molecule has 0 aliphatic heterocycles. The Hall–Kier alpha value is -1.23. The second-order valence-electron chi connectivity index (χ2n) is 2.94. The van der Waals surface area contributed by atoms with Crippen LogP contribution >= 0.6 is 12.6 Å². The average Bonchev–Trinajstić information content (AvgIpc) is 2.17. The van der Waals surface area contributed by atoms with Crippen LogP contribution in [0.15, 0.2) is 18.2 Å². The lowest BCUT2D eigenvalue weighted by Gasteiger charge is -2.08. The van der Waals surface area contributed by atoms with Crippen LogP contribution in [0, 0.1) is 5.82 Å². The van der Waals surface area contributed by atoms with Crippen molar-refractivity contribution >= 4 is 17.9 Å². The van der Waals surface area contributed by atoms with E-state index in [1.165, 1.54) is 19.2 Å². The van der Waals surface area contributed by atoms with Crippen molar-refractivity contribution < 1.29 is 13.9 Å². The van der Waals surface area contributed by atoms with Crippen LogP contribution in [0.5, 0.6) is 5.75 Å². The molecular formula is C10H12FNO2S. The molecule has 5 heteroatoms. The Morgan fingerprint density at radius 1 is 1.60 bits per heavy atom. The predicted molar refractivity (Wildman–Crippen MR) is 59.0 cm³/mol. The minimum absolute atomic E-state index is 0.317. The van der Waals surface area contributed by atoms with Gasteiger partial charge in [0, 0.05) is 6.54 Å². The van der Waals surface area contributed by atoms with Crippen LogP contribution in [-0.2, 0) is 6.42 Å². The maximum atomic E-state index is 12.9. The SMILES string of the molecule is COc1ccc(F)cc1CCNC(=O)S. The Morgan fingerprint density at radius 3 is 2.93 bits per heavy atom. The van der Waals surface area contributed by atoms with Crippen LogP contribution in [0.25, 0.3) is 0 Å². The molecule has 0 aromatic heterocycles. The molecule has 1 aromatic rings. The van der Waals surface area contributed by atoms with E-state index in [2.05, 4.69) is 17.9 Å². The average molecular weight is 229 g/mol. The molecule has 0 aliphatic carbocycles. The van der Waals surface area contributed by atoms with Gasteiger partial charge in [-0.15, -0.1) is 0 Å². The minimum Gasteiger partial charge on any atom is -0.496 e. The fourth-order valence-electron chi connectivity index (χ4n) is 1.25. The van der Waals surface area contributed by atoms with E-state index in [1.54, 1.807) is 6.07 Å². The van der Waals surface area contributed by atoms with E-state index < -0.39 is 5.24 Å². The van der Waals surface area contributed by atoms with Crippen LogP contribution in [-0.4, -0.2) is 18.9 Å². The second-order valence-corrected chi connectivity index (χ2v) is 3.34. The van der Waals surface area contributed by atoms with Crippen molar-refractivity contribution in [3.05, 3.63) is 29.6 Å². The lowest BCUT2D eigenvalue weighted by Crippen LogP contribution is -2.19. The summed E-state index contributed by atoms with van der Waals surface area (Å²) in [5, 5.41) is 2.11. The molecule has 0 heterocycles. The number of rotatable bonds is 4. The summed E-state index contributed by atoms with van der Waals surface area (Å²) in [5.41, 5.74) is 0.722. The molecule has 0 unspecified atom stereocenters. The van der Waals surface area contributed by atoms with Gasteiger partial charge < -0.3 is 10.1 Å². The van der Waals surface area contributed by atoms with Crippen LogP contribution in [0.1, 0.15) is 5.56 Å². The van der Waals surface area contributed by atoms with Crippen molar-refractivity contribution in [2.24, 2.45) is 0 Å². The number of halogens is 1. The van der Waals surface area contributed by atoms with Gasteiger partial charge in [0.1, 0.15) is 11.6 Å². The first-order valence-electron chi connectivity index (χ1n) is 4.42. The smallest absolute Gasteiger partial charge is 0.275 e. The van der Waals surface area contributed by atoms with Crippen molar-refractivity contribution in [2.75, 3.05) is 13.7 Å². The number of methoxy groups -OCH3 is 1. The maximum absolute atomic E-state index is 12.9. The molecule has 1 aromatic carbocycles. The van der Waals surface area contributed by atoms with Gasteiger partial charge in [0.25, 0.3) is 5.24 Å². The van der Waals surface area contributed by atoms with Gasteiger partial charge in [0.15, 0.2) is 0 Å². The number of hydrogen-bond donors (Lipinski definition) is 2. The molecule has 0 fully saturated rings. The quantitative estimate of drug-likeness (QED) is 0.775. The molecule has 0 aliphatic rings. The van der Waals surface area contributed by atoms with Gasteiger partial charge in [-0.2, -0.15) is 0 Å². The molecule has 1 N–H and O–H groups in total. The van der Waals surface area contributed by atoms with Gasteiger partial charge in [-0.25, -0.2) is 4.39 Å². The maximum Gasteiger partial charge on any atom is 0.275 e. The topological polar surface area (TPSA) is 38.3 Å². The van der Waals surface area contributed by atoms with Crippen molar-refractivity contribution in [3.8, 4) is 5.75 Å². The van der Waals surface area contributed by atoms with Crippen molar-refractivity contribution in [1.29, 1.82) is 0 Å². The molecule has 0 saturated heterocycles. The summed E-state index contributed by atoms with van der Waals surface area (Å²) in [7, 11) is 1.52. The van der Waals surface area contributed by atoms with Crippen LogP contribution in [0.4, 0.5) is 9.18 Å². The number of amides is 1.